The molecule has 0 spiro atoms. The zero-order valence-electron chi connectivity index (χ0n) is 5.94. The maximum atomic E-state index is 3.44. The van der Waals surface area contributed by atoms with Crippen LogP contribution in [0.15, 0.2) is 0 Å². The van der Waals surface area contributed by atoms with Crippen LogP contribution in [0.2, 0.25) is 0 Å². The molecule has 0 aromatic rings. The Hall–Kier alpha value is 0.440. The summed E-state index contributed by atoms with van der Waals surface area (Å²) in [5, 5.41) is 1.12. The van der Waals surface area contributed by atoms with Gasteiger partial charge in [-0.05, 0) is 18.9 Å². The van der Waals surface area contributed by atoms with Gasteiger partial charge in [0.2, 0.25) is 0 Å². The Balaban J connectivity index is 2.14. The van der Waals surface area contributed by atoms with Gasteiger partial charge in [0.1, 0.15) is 0 Å². The molecule has 54 valence electrons. The second-order valence-corrected chi connectivity index (χ2v) is 3.68. The molecule has 0 aromatic carbocycles. The van der Waals surface area contributed by atoms with Gasteiger partial charge in [-0.2, -0.15) is 0 Å². The van der Waals surface area contributed by atoms with Crippen molar-refractivity contribution in [3.8, 4) is 0 Å². The number of likely N-dealkylation sites (tertiary alicyclic amines) is 1. The second-order valence-electron chi connectivity index (χ2n) is 2.88. The smallest absolute Gasteiger partial charge is 0.0159 e. The molecule has 0 radical (unpaired) electrons. The number of rotatable bonds is 2. The minimum atomic E-state index is 0.934. The number of hydrogen-bond acceptors (Lipinski definition) is 1. The van der Waals surface area contributed by atoms with Crippen molar-refractivity contribution in [2.45, 2.75) is 13.3 Å². The standard InChI is InChI=1S/C7H14BrN/c1-7-2-4-9(6-7)5-3-8/h7H,2-6H2,1H3. The van der Waals surface area contributed by atoms with E-state index in [1.165, 1.54) is 26.1 Å². The first-order valence-electron chi connectivity index (χ1n) is 3.61. The monoisotopic (exact) mass is 191 g/mol. The van der Waals surface area contributed by atoms with Gasteiger partial charge in [0.05, 0.1) is 0 Å². The highest BCUT2D eigenvalue weighted by molar-refractivity contribution is 9.09. The predicted molar refractivity (Wildman–Crippen MR) is 44.0 cm³/mol. The summed E-state index contributed by atoms with van der Waals surface area (Å²) in [7, 11) is 0. The van der Waals surface area contributed by atoms with Crippen molar-refractivity contribution in [3.63, 3.8) is 0 Å². The molecule has 9 heavy (non-hydrogen) atoms. The zero-order valence-corrected chi connectivity index (χ0v) is 7.52. The molecule has 1 unspecified atom stereocenters. The molecule has 0 aliphatic carbocycles. The molecule has 1 heterocycles. The second kappa shape index (κ2) is 3.57. The lowest BCUT2D eigenvalue weighted by Crippen LogP contribution is -2.22. The highest BCUT2D eigenvalue weighted by Crippen LogP contribution is 2.14. The van der Waals surface area contributed by atoms with Crippen LogP contribution in [0.25, 0.3) is 0 Å². The third kappa shape index (κ3) is 2.26. The van der Waals surface area contributed by atoms with Crippen LogP contribution in [-0.2, 0) is 0 Å². The van der Waals surface area contributed by atoms with Gasteiger partial charge in [0.25, 0.3) is 0 Å². The van der Waals surface area contributed by atoms with E-state index in [0.717, 1.165) is 11.2 Å². The summed E-state index contributed by atoms with van der Waals surface area (Å²) in [6.07, 6.45) is 1.40. The first-order valence-corrected chi connectivity index (χ1v) is 4.73. The summed E-state index contributed by atoms with van der Waals surface area (Å²) < 4.78 is 0. The molecular formula is C7H14BrN. The fourth-order valence-electron chi connectivity index (χ4n) is 1.35. The fraction of sp³-hybridized carbons (Fsp3) is 1.00. The number of halogens is 1. The molecule has 0 amide bonds. The molecule has 1 rings (SSSR count). The van der Waals surface area contributed by atoms with Crippen LogP contribution in [0.1, 0.15) is 13.3 Å². The fourth-order valence-corrected chi connectivity index (χ4v) is 1.85. The molecule has 1 aliphatic rings. The van der Waals surface area contributed by atoms with Crippen LogP contribution in [-0.4, -0.2) is 29.9 Å². The van der Waals surface area contributed by atoms with Crippen LogP contribution in [0.5, 0.6) is 0 Å². The highest BCUT2D eigenvalue weighted by atomic mass is 79.9. The van der Waals surface area contributed by atoms with Gasteiger partial charge < -0.3 is 4.90 Å². The van der Waals surface area contributed by atoms with Crippen molar-refractivity contribution in [3.05, 3.63) is 0 Å². The number of alkyl halides is 1. The lowest BCUT2D eigenvalue weighted by Gasteiger charge is -2.11. The quantitative estimate of drug-likeness (QED) is 0.602. The lowest BCUT2D eigenvalue weighted by atomic mass is 10.2. The molecule has 1 aliphatic heterocycles. The Morgan fingerprint density at radius 2 is 2.44 bits per heavy atom. The largest absolute Gasteiger partial charge is 0.302 e. The van der Waals surface area contributed by atoms with Gasteiger partial charge >= 0.3 is 0 Å². The summed E-state index contributed by atoms with van der Waals surface area (Å²) in [4.78, 5) is 2.51. The molecular weight excluding hydrogens is 178 g/mol. The van der Waals surface area contributed by atoms with Crippen LogP contribution >= 0.6 is 15.9 Å². The molecule has 1 nitrogen and oxygen atoms in total. The van der Waals surface area contributed by atoms with Crippen molar-refractivity contribution in [2.75, 3.05) is 25.0 Å². The van der Waals surface area contributed by atoms with Gasteiger partial charge in [-0.1, -0.05) is 22.9 Å². The Bertz CT molecular complexity index is 83.0. The lowest BCUT2D eigenvalue weighted by molar-refractivity contribution is 0.350. The van der Waals surface area contributed by atoms with Crippen molar-refractivity contribution < 1.29 is 0 Å². The maximum Gasteiger partial charge on any atom is 0.0159 e. The summed E-state index contributed by atoms with van der Waals surface area (Å²) in [5.41, 5.74) is 0. The normalized spacial score (nSPS) is 29.3. The molecule has 1 saturated heterocycles. The van der Waals surface area contributed by atoms with E-state index in [0.29, 0.717) is 0 Å². The molecule has 1 fully saturated rings. The van der Waals surface area contributed by atoms with Crippen LogP contribution in [0.4, 0.5) is 0 Å². The summed E-state index contributed by atoms with van der Waals surface area (Å²) in [5.74, 6) is 0.934. The number of hydrogen-bond donors (Lipinski definition) is 0. The molecule has 0 aromatic heterocycles. The Labute approximate surface area is 65.6 Å². The van der Waals surface area contributed by atoms with Gasteiger partial charge in [-0.15, -0.1) is 0 Å². The van der Waals surface area contributed by atoms with Gasteiger partial charge in [-0.25, -0.2) is 0 Å². The van der Waals surface area contributed by atoms with Crippen LogP contribution in [0, 0.1) is 5.92 Å². The topological polar surface area (TPSA) is 3.24 Å². The van der Waals surface area contributed by atoms with E-state index >= 15 is 0 Å². The van der Waals surface area contributed by atoms with E-state index in [1.807, 2.05) is 0 Å². The van der Waals surface area contributed by atoms with E-state index in [4.69, 9.17) is 0 Å². The minimum Gasteiger partial charge on any atom is -0.302 e. The van der Waals surface area contributed by atoms with E-state index in [9.17, 15) is 0 Å². The maximum absolute atomic E-state index is 3.44. The van der Waals surface area contributed by atoms with Crippen LogP contribution in [0.3, 0.4) is 0 Å². The molecule has 1 atom stereocenters. The van der Waals surface area contributed by atoms with Crippen molar-refractivity contribution in [1.29, 1.82) is 0 Å². The average molecular weight is 192 g/mol. The predicted octanol–water partition coefficient (Wildman–Crippen LogP) is 1.72. The molecule has 0 saturated carbocycles. The minimum absolute atomic E-state index is 0.934. The van der Waals surface area contributed by atoms with Crippen LogP contribution < -0.4 is 0 Å². The summed E-state index contributed by atoms with van der Waals surface area (Å²) in [6, 6.07) is 0. The summed E-state index contributed by atoms with van der Waals surface area (Å²) >= 11 is 3.44. The Morgan fingerprint density at radius 3 is 2.89 bits per heavy atom. The first kappa shape index (κ1) is 7.55. The van der Waals surface area contributed by atoms with Crippen molar-refractivity contribution >= 4 is 15.9 Å². The highest BCUT2D eigenvalue weighted by Gasteiger charge is 2.16. The third-order valence-corrected chi connectivity index (χ3v) is 2.26. The van der Waals surface area contributed by atoms with E-state index < -0.39 is 0 Å². The van der Waals surface area contributed by atoms with Gasteiger partial charge in [-0.3, -0.25) is 0 Å². The number of nitrogens with zero attached hydrogens (tertiary/aromatic N) is 1. The summed E-state index contributed by atoms with van der Waals surface area (Å²) in [6.45, 7) is 6.18. The van der Waals surface area contributed by atoms with E-state index in [2.05, 4.69) is 27.8 Å². The average Bonchev–Trinajstić information content (AvgIpc) is 2.17. The third-order valence-electron chi connectivity index (χ3n) is 1.91. The first-order chi connectivity index (χ1) is 4.33. The van der Waals surface area contributed by atoms with Gasteiger partial charge in [0.15, 0.2) is 0 Å². The SMILES string of the molecule is CC1CCN(CCBr)C1. The van der Waals surface area contributed by atoms with Crippen molar-refractivity contribution in [2.24, 2.45) is 5.92 Å². The van der Waals surface area contributed by atoms with E-state index in [1.54, 1.807) is 0 Å². The molecule has 0 N–H and O–H groups in total. The van der Waals surface area contributed by atoms with Crippen molar-refractivity contribution in [1.82, 2.24) is 4.90 Å². The molecule has 0 bridgehead atoms. The molecule has 2 heteroatoms. The Kier molecular flexibility index (Phi) is 2.99. The van der Waals surface area contributed by atoms with E-state index in [-0.39, 0.29) is 0 Å². The zero-order chi connectivity index (χ0) is 6.69. The Morgan fingerprint density at radius 1 is 1.67 bits per heavy atom. The van der Waals surface area contributed by atoms with Gasteiger partial charge in [0, 0.05) is 18.4 Å².